The molecule has 0 unspecified atom stereocenters. The van der Waals surface area contributed by atoms with Crippen molar-refractivity contribution in [1.82, 2.24) is 0 Å². The number of hydrogen-bond donors (Lipinski definition) is 0. The van der Waals surface area contributed by atoms with E-state index >= 15 is 0 Å². The second kappa shape index (κ2) is 6.78. The lowest BCUT2D eigenvalue weighted by molar-refractivity contribution is -0.118. The number of carbonyl (C=O) groups is 1. The Morgan fingerprint density at radius 3 is 2.31 bits per heavy atom. The summed E-state index contributed by atoms with van der Waals surface area (Å²) in [4.78, 5) is 13.3. The van der Waals surface area contributed by atoms with Crippen molar-refractivity contribution in [2.45, 2.75) is 45.8 Å². The van der Waals surface area contributed by atoms with Crippen LogP contribution < -0.4 is 4.74 Å². The van der Waals surface area contributed by atoms with Gasteiger partial charge in [-0.05, 0) is 80.6 Å². The van der Waals surface area contributed by atoms with Gasteiger partial charge in [0.25, 0.3) is 0 Å². The Kier molecular flexibility index (Phi) is 4.44. The van der Waals surface area contributed by atoms with Crippen LogP contribution in [-0.4, -0.2) is 18.0 Å². The quantitative estimate of drug-likeness (QED) is 0.555. The average molecular weight is 457 g/mol. The van der Waals surface area contributed by atoms with Crippen molar-refractivity contribution in [3.63, 3.8) is 0 Å². The van der Waals surface area contributed by atoms with E-state index in [-0.39, 0.29) is 35.6 Å². The van der Waals surface area contributed by atoms with E-state index in [1.165, 1.54) is 6.07 Å². The summed E-state index contributed by atoms with van der Waals surface area (Å²) in [6, 6.07) is 8.49. The maximum absolute atomic E-state index is 14.2. The Bertz CT molecular complexity index is 1050. The van der Waals surface area contributed by atoms with Gasteiger partial charge in [0.15, 0.2) is 17.3 Å². The largest absolute Gasteiger partial charge is 0.454 e. The fourth-order valence-electron chi connectivity index (χ4n) is 5.47. The Morgan fingerprint density at radius 1 is 1.03 bits per heavy atom. The number of ether oxygens (including phenoxy) is 2. The summed E-state index contributed by atoms with van der Waals surface area (Å²) in [5.74, 6) is 0.746. The van der Waals surface area contributed by atoms with Gasteiger partial charge in [-0.25, -0.2) is 4.39 Å². The summed E-state index contributed by atoms with van der Waals surface area (Å²) in [6.45, 7) is 6.06. The molecular weight excluding hydrogens is 435 g/mol. The fraction of sp³-hybridized carbons (Fsp3) is 0.375. The number of ketones is 1. The van der Waals surface area contributed by atoms with Crippen LogP contribution in [0.15, 0.2) is 40.4 Å². The number of benzene rings is 2. The van der Waals surface area contributed by atoms with Crippen LogP contribution in [0.5, 0.6) is 11.5 Å². The molecule has 2 fully saturated rings. The van der Waals surface area contributed by atoms with Gasteiger partial charge in [0.2, 0.25) is 0 Å². The molecule has 2 saturated heterocycles. The number of carbonyl (C=O) groups excluding carboxylic acids is 1. The first-order valence-electron chi connectivity index (χ1n) is 10.00. The predicted octanol–water partition coefficient (Wildman–Crippen LogP) is 6.15. The molecule has 0 N–H and O–H groups in total. The minimum atomic E-state index is -0.424. The smallest absolute Gasteiger partial charge is 0.169 e. The van der Waals surface area contributed by atoms with Crippen LogP contribution >= 0.6 is 15.9 Å². The summed E-state index contributed by atoms with van der Waals surface area (Å²) in [5.41, 5.74) is 4.94. The van der Waals surface area contributed by atoms with E-state index in [0.717, 1.165) is 40.7 Å². The van der Waals surface area contributed by atoms with Crippen LogP contribution in [0.1, 0.15) is 36.5 Å². The molecule has 2 aliphatic heterocycles. The molecule has 0 aromatic heterocycles. The van der Waals surface area contributed by atoms with E-state index in [1.54, 1.807) is 12.1 Å². The van der Waals surface area contributed by atoms with Crippen LogP contribution in [-0.2, 0) is 9.53 Å². The van der Waals surface area contributed by atoms with Crippen molar-refractivity contribution in [3.8, 4) is 11.5 Å². The minimum absolute atomic E-state index is 0.0182. The highest BCUT2D eigenvalue weighted by Crippen LogP contribution is 2.54. The van der Waals surface area contributed by atoms with E-state index in [2.05, 4.69) is 22.9 Å². The van der Waals surface area contributed by atoms with Crippen molar-refractivity contribution in [2.24, 2.45) is 11.8 Å². The molecule has 150 valence electrons. The maximum Gasteiger partial charge on any atom is 0.169 e. The maximum atomic E-state index is 14.2. The summed E-state index contributed by atoms with van der Waals surface area (Å²) < 4.78 is 26.6. The number of rotatable bonds is 3. The first kappa shape index (κ1) is 19.0. The molecule has 2 aromatic rings. The van der Waals surface area contributed by atoms with Gasteiger partial charge in [0.1, 0.15) is 5.75 Å². The molecular formula is C24H22BrFO3. The number of aryl methyl sites for hydroxylation is 2. The van der Waals surface area contributed by atoms with Crippen molar-refractivity contribution in [3.05, 3.63) is 62.9 Å². The van der Waals surface area contributed by atoms with Crippen LogP contribution in [0.2, 0.25) is 0 Å². The molecule has 4 atom stereocenters. The number of hydrogen-bond acceptors (Lipinski definition) is 3. The fourth-order valence-corrected chi connectivity index (χ4v) is 5.80. The molecule has 0 saturated carbocycles. The highest BCUT2D eigenvalue weighted by molar-refractivity contribution is 9.10. The van der Waals surface area contributed by atoms with Gasteiger partial charge >= 0.3 is 0 Å². The van der Waals surface area contributed by atoms with Crippen molar-refractivity contribution in [2.75, 3.05) is 0 Å². The zero-order valence-electron chi connectivity index (χ0n) is 16.6. The zero-order chi connectivity index (χ0) is 20.4. The highest BCUT2D eigenvalue weighted by Gasteiger charge is 2.57. The molecule has 0 amide bonds. The molecule has 5 rings (SSSR count). The van der Waals surface area contributed by atoms with Gasteiger partial charge in [-0.3, -0.25) is 4.79 Å². The minimum Gasteiger partial charge on any atom is -0.454 e. The lowest BCUT2D eigenvalue weighted by Crippen LogP contribution is -2.28. The zero-order valence-corrected chi connectivity index (χ0v) is 18.2. The third kappa shape index (κ3) is 2.89. The second-order valence-corrected chi connectivity index (χ2v) is 9.29. The van der Waals surface area contributed by atoms with Gasteiger partial charge in [0, 0.05) is 16.0 Å². The third-order valence-electron chi connectivity index (χ3n) is 6.59. The first-order chi connectivity index (χ1) is 13.8. The summed E-state index contributed by atoms with van der Waals surface area (Å²) in [5, 5.41) is 0. The van der Waals surface area contributed by atoms with E-state index in [4.69, 9.17) is 9.47 Å². The molecule has 2 aromatic carbocycles. The monoisotopic (exact) mass is 456 g/mol. The molecule has 29 heavy (non-hydrogen) atoms. The number of Topliss-reactive ketones (excluding diaryl/α,β-unsaturated/α-hetero) is 1. The number of allylic oxidation sites excluding steroid dienone is 1. The molecule has 2 bridgehead atoms. The normalized spacial score (nSPS) is 27.7. The van der Waals surface area contributed by atoms with E-state index in [9.17, 15) is 9.18 Å². The Morgan fingerprint density at radius 2 is 1.69 bits per heavy atom. The van der Waals surface area contributed by atoms with E-state index < -0.39 is 5.82 Å². The van der Waals surface area contributed by atoms with Crippen LogP contribution in [0.4, 0.5) is 4.39 Å². The Hall–Kier alpha value is -1.98. The van der Waals surface area contributed by atoms with Gasteiger partial charge in [-0.2, -0.15) is 0 Å². The second-order valence-electron chi connectivity index (χ2n) is 8.37. The van der Waals surface area contributed by atoms with Gasteiger partial charge in [-0.15, -0.1) is 0 Å². The third-order valence-corrected chi connectivity index (χ3v) is 7.09. The topological polar surface area (TPSA) is 35.5 Å². The predicted molar refractivity (Wildman–Crippen MR) is 113 cm³/mol. The SMILES string of the molecule is CC1=C(c2c(C)cc(Oc3ccc(Br)cc3F)cc2C)C(=O)[C@@H]2[C@H]1[C@H]1CC[C@@H]2O1. The molecule has 2 heterocycles. The number of halogens is 2. The van der Waals surface area contributed by atoms with Gasteiger partial charge < -0.3 is 9.47 Å². The van der Waals surface area contributed by atoms with Crippen molar-refractivity contribution in [1.29, 1.82) is 0 Å². The summed E-state index contributed by atoms with van der Waals surface area (Å²) in [7, 11) is 0. The molecule has 1 aliphatic carbocycles. The lowest BCUT2D eigenvalue weighted by Gasteiger charge is -2.20. The van der Waals surface area contributed by atoms with Gasteiger partial charge in [0.05, 0.1) is 18.1 Å². The van der Waals surface area contributed by atoms with E-state index in [1.807, 2.05) is 26.0 Å². The molecule has 3 nitrogen and oxygen atoms in total. The standard InChI is InChI=1S/C24H22BrFO3/c1-11-8-15(28-17-5-4-14(25)10-16(17)26)9-12(2)20(11)22-13(3)21-18-6-7-19(29-18)23(21)24(22)27/h4-5,8-10,18-19,21,23H,6-7H2,1-3H3/t18-,19+,21-,23+/m1/s1. The van der Waals surface area contributed by atoms with E-state index in [0.29, 0.717) is 10.2 Å². The van der Waals surface area contributed by atoms with Crippen molar-refractivity contribution < 1.29 is 18.7 Å². The first-order valence-corrected chi connectivity index (χ1v) is 10.8. The van der Waals surface area contributed by atoms with Crippen LogP contribution in [0.25, 0.3) is 5.57 Å². The average Bonchev–Trinajstić information content (AvgIpc) is 3.33. The number of fused-ring (bicyclic) bond motifs is 5. The Labute approximate surface area is 178 Å². The molecule has 5 heteroatoms. The summed E-state index contributed by atoms with van der Waals surface area (Å²) >= 11 is 3.26. The lowest BCUT2D eigenvalue weighted by atomic mass is 9.79. The molecule has 0 spiro atoms. The molecule has 0 radical (unpaired) electrons. The summed E-state index contributed by atoms with van der Waals surface area (Å²) in [6.07, 6.45) is 2.30. The Balaban J connectivity index is 1.51. The van der Waals surface area contributed by atoms with Crippen molar-refractivity contribution >= 4 is 27.3 Å². The van der Waals surface area contributed by atoms with Crippen LogP contribution in [0, 0.1) is 31.5 Å². The molecule has 3 aliphatic rings. The van der Waals surface area contributed by atoms with Crippen LogP contribution in [0.3, 0.4) is 0 Å². The highest BCUT2D eigenvalue weighted by atomic mass is 79.9. The van der Waals surface area contributed by atoms with Gasteiger partial charge in [-0.1, -0.05) is 21.5 Å².